The number of hydrogen-bond donors (Lipinski definition) is 3. The highest BCUT2D eigenvalue weighted by atomic mass is 31.2. The van der Waals surface area contributed by atoms with Crippen LogP contribution in [0.25, 0.3) is 0 Å². The van der Waals surface area contributed by atoms with Gasteiger partial charge in [-0.1, -0.05) is 388 Å². The van der Waals surface area contributed by atoms with Crippen molar-refractivity contribution in [3.8, 4) is 0 Å². The van der Waals surface area contributed by atoms with Crippen molar-refractivity contribution < 1.29 is 80.2 Å². The van der Waals surface area contributed by atoms with E-state index in [-0.39, 0.29) is 25.7 Å². The van der Waals surface area contributed by atoms with Crippen molar-refractivity contribution in [3.05, 3.63) is 0 Å². The van der Waals surface area contributed by atoms with Crippen molar-refractivity contribution in [2.24, 2.45) is 5.92 Å². The Hall–Kier alpha value is -1.94. The van der Waals surface area contributed by atoms with Crippen LogP contribution in [0.5, 0.6) is 0 Å². The van der Waals surface area contributed by atoms with Crippen LogP contribution in [0.4, 0.5) is 0 Å². The van der Waals surface area contributed by atoms with Crippen molar-refractivity contribution in [1.82, 2.24) is 0 Å². The average molecular weight is 1480 g/mol. The molecule has 0 aromatic rings. The monoisotopic (exact) mass is 1480 g/mol. The van der Waals surface area contributed by atoms with Crippen molar-refractivity contribution in [2.45, 2.75) is 457 Å². The first-order valence-corrected chi connectivity index (χ1v) is 45.6. The van der Waals surface area contributed by atoms with E-state index in [1.165, 1.54) is 263 Å². The molecule has 0 amide bonds. The van der Waals surface area contributed by atoms with Crippen LogP contribution in [0, 0.1) is 5.92 Å². The Labute approximate surface area is 619 Å². The summed E-state index contributed by atoms with van der Waals surface area (Å²) in [6.07, 6.45) is 66.8. The molecular formula is C82H160O17P2. The van der Waals surface area contributed by atoms with E-state index in [0.717, 1.165) is 95.8 Å². The molecule has 0 saturated heterocycles. The summed E-state index contributed by atoms with van der Waals surface area (Å²) in [4.78, 5) is 72.9. The zero-order valence-corrected chi connectivity index (χ0v) is 67.8. The molecule has 0 radical (unpaired) electrons. The van der Waals surface area contributed by atoms with Gasteiger partial charge in [0.2, 0.25) is 0 Å². The number of ether oxygens (including phenoxy) is 4. The quantitative estimate of drug-likeness (QED) is 0.0222. The van der Waals surface area contributed by atoms with Crippen LogP contribution >= 0.6 is 15.6 Å². The van der Waals surface area contributed by atoms with Crippen LogP contribution < -0.4 is 0 Å². The summed E-state index contributed by atoms with van der Waals surface area (Å²) in [5.41, 5.74) is 0. The fourth-order valence-electron chi connectivity index (χ4n) is 12.8. The third-order valence-electron chi connectivity index (χ3n) is 19.3. The number of unbranched alkanes of at least 4 members (excludes halogenated alkanes) is 54. The van der Waals surface area contributed by atoms with E-state index < -0.39 is 97.5 Å². The first kappa shape index (κ1) is 99.1. The molecule has 0 saturated carbocycles. The highest BCUT2D eigenvalue weighted by molar-refractivity contribution is 7.47. The molecule has 0 aliphatic rings. The lowest BCUT2D eigenvalue weighted by atomic mass is 10.0. The SMILES string of the molecule is CCCCCCCCCCCCCCCCCCCCCCCCC(=O)O[C@H](COC(=O)CCCCCCCCCCCCCCCCCCC(C)C)COP(=O)(O)OC[C@@H](O)COP(=O)(O)OC[C@@H](COC(=O)CCCCCCCCCCC)OC(=O)CCCCCCCCCCCCC. The maximum Gasteiger partial charge on any atom is 0.472 e. The molecule has 3 N–H and O–H groups in total. The molecule has 0 spiro atoms. The molecule has 0 rings (SSSR count). The van der Waals surface area contributed by atoms with E-state index in [9.17, 15) is 43.2 Å². The fraction of sp³-hybridized carbons (Fsp3) is 0.951. The first-order valence-electron chi connectivity index (χ1n) is 42.6. The van der Waals surface area contributed by atoms with Gasteiger partial charge in [0.25, 0.3) is 0 Å². The number of carbonyl (C=O) groups is 4. The topological polar surface area (TPSA) is 237 Å². The third-order valence-corrected chi connectivity index (χ3v) is 21.2. The molecule has 0 aromatic heterocycles. The zero-order valence-electron chi connectivity index (χ0n) is 66.1. The number of rotatable bonds is 82. The predicted molar refractivity (Wildman–Crippen MR) is 414 cm³/mol. The summed E-state index contributed by atoms with van der Waals surface area (Å²) in [6.45, 7) is 7.34. The Bertz CT molecular complexity index is 1930. The van der Waals surface area contributed by atoms with Crippen LogP contribution in [-0.2, 0) is 65.4 Å². The van der Waals surface area contributed by atoms with Gasteiger partial charge in [0.1, 0.15) is 19.3 Å². The second-order valence-electron chi connectivity index (χ2n) is 30.0. The lowest BCUT2D eigenvalue weighted by molar-refractivity contribution is -0.161. The largest absolute Gasteiger partial charge is 0.472 e. The van der Waals surface area contributed by atoms with E-state index in [0.29, 0.717) is 25.7 Å². The van der Waals surface area contributed by atoms with Crippen molar-refractivity contribution in [2.75, 3.05) is 39.6 Å². The van der Waals surface area contributed by atoms with Crippen LogP contribution in [-0.4, -0.2) is 96.7 Å². The summed E-state index contributed by atoms with van der Waals surface area (Å²) in [5, 5.41) is 10.6. The lowest BCUT2D eigenvalue weighted by Crippen LogP contribution is -2.30. The molecule has 0 aromatic carbocycles. The summed E-state index contributed by atoms with van der Waals surface area (Å²) in [7, 11) is -9.91. The molecule has 101 heavy (non-hydrogen) atoms. The molecular weight excluding hydrogens is 1320 g/mol. The summed E-state index contributed by atoms with van der Waals surface area (Å²) in [5.74, 6) is -1.30. The number of phosphoric ester groups is 2. The predicted octanol–water partition coefficient (Wildman–Crippen LogP) is 24.8. The van der Waals surface area contributed by atoms with Gasteiger partial charge >= 0.3 is 39.5 Å². The number of hydrogen-bond acceptors (Lipinski definition) is 15. The van der Waals surface area contributed by atoms with E-state index in [1.54, 1.807) is 0 Å². The van der Waals surface area contributed by atoms with Gasteiger partial charge in [0, 0.05) is 25.7 Å². The highest BCUT2D eigenvalue weighted by Gasteiger charge is 2.30. The minimum absolute atomic E-state index is 0.107. The summed E-state index contributed by atoms with van der Waals surface area (Å²) < 4.78 is 68.6. The second kappa shape index (κ2) is 74.9. The maximum atomic E-state index is 13.1. The van der Waals surface area contributed by atoms with Crippen LogP contribution in [0.15, 0.2) is 0 Å². The van der Waals surface area contributed by atoms with Crippen molar-refractivity contribution in [3.63, 3.8) is 0 Å². The molecule has 0 fully saturated rings. The van der Waals surface area contributed by atoms with Gasteiger partial charge in [-0.2, -0.15) is 0 Å². The number of aliphatic hydroxyl groups excluding tert-OH is 1. The van der Waals surface area contributed by atoms with Crippen molar-refractivity contribution in [1.29, 1.82) is 0 Å². The molecule has 0 aliphatic carbocycles. The van der Waals surface area contributed by atoms with Gasteiger partial charge < -0.3 is 33.8 Å². The molecule has 19 heteroatoms. The molecule has 5 atom stereocenters. The Morgan fingerprint density at radius 1 is 0.267 bits per heavy atom. The second-order valence-corrected chi connectivity index (χ2v) is 32.9. The van der Waals surface area contributed by atoms with Crippen LogP contribution in [0.3, 0.4) is 0 Å². The van der Waals surface area contributed by atoms with Crippen molar-refractivity contribution >= 4 is 39.5 Å². The molecule has 17 nitrogen and oxygen atoms in total. The van der Waals surface area contributed by atoms with Gasteiger partial charge in [-0.25, -0.2) is 9.13 Å². The van der Waals surface area contributed by atoms with E-state index >= 15 is 0 Å². The number of esters is 4. The van der Waals surface area contributed by atoms with Gasteiger partial charge in [-0.3, -0.25) is 37.3 Å². The van der Waals surface area contributed by atoms with Crippen LogP contribution in [0.1, 0.15) is 439 Å². The molecule has 2 unspecified atom stereocenters. The number of carbonyl (C=O) groups excluding carboxylic acids is 4. The smallest absolute Gasteiger partial charge is 0.462 e. The Balaban J connectivity index is 5.17. The number of aliphatic hydroxyl groups is 1. The Morgan fingerprint density at radius 3 is 0.673 bits per heavy atom. The van der Waals surface area contributed by atoms with E-state index in [2.05, 4.69) is 34.6 Å². The summed E-state index contributed by atoms with van der Waals surface area (Å²) >= 11 is 0. The van der Waals surface area contributed by atoms with Crippen LogP contribution in [0.2, 0.25) is 0 Å². The maximum absolute atomic E-state index is 13.1. The normalized spacial score (nSPS) is 13.8. The lowest BCUT2D eigenvalue weighted by Gasteiger charge is -2.21. The average Bonchev–Trinajstić information content (AvgIpc) is 1.13. The first-order chi connectivity index (χ1) is 49.0. The minimum atomic E-state index is -4.96. The minimum Gasteiger partial charge on any atom is -0.462 e. The molecule has 600 valence electrons. The molecule has 0 aliphatic heterocycles. The van der Waals surface area contributed by atoms with E-state index in [1.807, 2.05) is 0 Å². The third kappa shape index (κ3) is 76.1. The van der Waals surface area contributed by atoms with Gasteiger partial charge in [0.05, 0.1) is 26.4 Å². The van der Waals surface area contributed by atoms with Gasteiger partial charge in [0.15, 0.2) is 12.2 Å². The summed E-state index contributed by atoms with van der Waals surface area (Å²) in [6, 6.07) is 0. The zero-order chi connectivity index (χ0) is 74.1. The molecule has 0 heterocycles. The standard InChI is InChI=1S/C82H160O17P2/c1-6-9-12-15-18-21-23-24-25-26-27-28-29-30-31-36-39-43-48-53-58-63-68-82(87)99-78(72-93-80(85)66-61-56-51-46-42-38-35-33-32-34-37-41-45-49-54-59-64-75(4)5)74-97-101(90,91)95-70-76(83)69-94-100(88,89)96-73-77(71-92-79(84)65-60-55-50-44-20-17-14-11-8-3)98-81(86)67-62-57-52-47-40-22-19-16-13-10-7-2/h75-78,83H,6-74H2,1-5H3,(H,88,89)(H,90,91)/t76-,77+,78+/m0/s1. The van der Waals surface area contributed by atoms with E-state index in [4.69, 9.17) is 37.0 Å². The van der Waals surface area contributed by atoms with Gasteiger partial charge in [-0.15, -0.1) is 0 Å². The number of phosphoric acid groups is 2. The Kier molecular flexibility index (Phi) is 73.5. The Morgan fingerprint density at radius 2 is 0.455 bits per heavy atom. The van der Waals surface area contributed by atoms with Gasteiger partial charge in [-0.05, 0) is 31.6 Å². The molecule has 0 bridgehead atoms. The highest BCUT2D eigenvalue weighted by Crippen LogP contribution is 2.45. The fourth-order valence-corrected chi connectivity index (χ4v) is 14.3.